The van der Waals surface area contributed by atoms with Crippen LogP contribution in [0.3, 0.4) is 0 Å². The molecule has 0 bridgehead atoms. The second-order valence-electron chi connectivity index (χ2n) is 6.42. The average Bonchev–Trinajstić information content (AvgIpc) is 2.18. The van der Waals surface area contributed by atoms with Gasteiger partial charge in [0, 0.05) is 0 Å². The predicted octanol–water partition coefficient (Wildman–Crippen LogP) is 3.90. The van der Waals surface area contributed by atoms with Gasteiger partial charge in [-0.25, -0.2) is 0 Å². The molecule has 0 atom stereocenters. The second-order valence-corrected chi connectivity index (χ2v) is 6.42. The van der Waals surface area contributed by atoms with E-state index in [2.05, 4.69) is 52.8 Å². The smallest absolute Gasteiger partial charge is 0.00365 e. The van der Waals surface area contributed by atoms with Crippen LogP contribution in [0.2, 0.25) is 0 Å². The second kappa shape index (κ2) is 5.68. The zero-order valence-corrected chi connectivity index (χ0v) is 12.0. The average molecular weight is 233 g/mol. The van der Waals surface area contributed by atoms with E-state index < -0.39 is 0 Å². The number of benzene rings is 1. The third kappa shape index (κ3) is 4.16. The minimum absolute atomic E-state index is 0.332. The fourth-order valence-electron chi connectivity index (χ4n) is 2.38. The van der Waals surface area contributed by atoms with Crippen LogP contribution in [0.1, 0.15) is 57.2 Å². The number of rotatable bonds is 4. The largest absolute Gasteiger partial charge is 0.330 e. The Bertz CT molecular complexity index is 358. The van der Waals surface area contributed by atoms with Crippen molar-refractivity contribution in [2.75, 3.05) is 6.54 Å². The molecule has 0 amide bonds. The first kappa shape index (κ1) is 14.2. The maximum atomic E-state index is 5.76. The SMILES string of the molecule is CC(C)c1cccc(CC(C)(C)C)c1CCN. The minimum Gasteiger partial charge on any atom is -0.330 e. The van der Waals surface area contributed by atoms with Crippen molar-refractivity contribution in [1.82, 2.24) is 0 Å². The first-order valence-electron chi connectivity index (χ1n) is 6.66. The van der Waals surface area contributed by atoms with Crippen LogP contribution in [0.15, 0.2) is 18.2 Å². The lowest BCUT2D eigenvalue weighted by Gasteiger charge is -2.23. The van der Waals surface area contributed by atoms with E-state index in [1.807, 2.05) is 0 Å². The van der Waals surface area contributed by atoms with Crippen molar-refractivity contribution >= 4 is 0 Å². The lowest BCUT2D eigenvalue weighted by molar-refractivity contribution is 0.409. The van der Waals surface area contributed by atoms with Crippen molar-refractivity contribution in [3.63, 3.8) is 0 Å². The maximum absolute atomic E-state index is 5.76. The van der Waals surface area contributed by atoms with Crippen molar-refractivity contribution < 1.29 is 0 Å². The van der Waals surface area contributed by atoms with Crippen LogP contribution in [0.25, 0.3) is 0 Å². The van der Waals surface area contributed by atoms with Gasteiger partial charge >= 0.3 is 0 Å². The quantitative estimate of drug-likeness (QED) is 0.838. The van der Waals surface area contributed by atoms with Crippen LogP contribution >= 0.6 is 0 Å². The summed E-state index contributed by atoms with van der Waals surface area (Å²) in [5.41, 5.74) is 10.5. The summed E-state index contributed by atoms with van der Waals surface area (Å²) in [4.78, 5) is 0. The highest BCUT2D eigenvalue weighted by Crippen LogP contribution is 2.28. The van der Waals surface area contributed by atoms with E-state index in [1.54, 1.807) is 0 Å². The molecule has 0 heterocycles. The van der Waals surface area contributed by atoms with Crippen LogP contribution in [-0.4, -0.2) is 6.54 Å². The molecule has 1 aromatic carbocycles. The predicted molar refractivity (Wildman–Crippen MR) is 76.4 cm³/mol. The molecule has 1 aromatic rings. The maximum Gasteiger partial charge on any atom is -0.00365 e. The van der Waals surface area contributed by atoms with Gasteiger partial charge in [-0.05, 0) is 47.4 Å². The Hall–Kier alpha value is -0.820. The molecule has 0 saturated carbocycles. The van der Waals surface area contributed by atoms with E-state index in [0.717, 1.165) is 19.4 Å². The minimum atomic E-state index is 0.332. The molecule has 0 spiro atoms. The van der Waals surface area contributed by atoms with Crippen molar-refractivity contribution in [2.45, 2.75) is 53.4 Å². The van der Waals surface area contributed by atoms with Crippen molar-refractivity contribution in [3.8, 4) is 0 Å². The summed E-state index contributed by atoms with van der Waals surface area (Å²) in [5, 5.41) is 0. The molecule has 96 valence electrons. The van der Waals surface area contributed by atoms with Crippen LogP contribution in [0, 0.1) is 5.41 Å². The van der Waals surface area contributed by atoms with Crippen molar-refractivity contribution in [1.29, 1.82) is 0 Å². The zero-order chi connectivity index (χ0) is 13.1. The molecule has 1 nitrogen and oxygen atoms in total. The van der Waals surface area contributed by atoms with Gasteiger partial charge in [-0.15, -0.1) is 0 Å². The Morgan fingerprint density at radius 2 is 1.82 bits per heavy atom. The van der Waals surface area contributed by atoms with Crippen LogP contribution < -0.4 is 5.73 Å². The van der Waals surface area contributed by atoms with Crippen LogP contribution in [0.5, 0.6) is 0 Å². The molecule has 0 aliphatic heterocycles. The fourth-order valence-corrected chi connectivity index (χ4v) is 2.38. The van der Waals surface area contributed by atoms with Crippen molar-refractivity contribution in [3.05, 3.63) is 34.9 Å². The topological polar surface area (TPSA) is 26.0 Å². The lowest BCUT2D eigenvalue weighted by atomic mass is 9.82. The normalized spacial score (nSPS) is 12.2. The van der Waals surface area contributed by atoms with Crippen molar-refractivity contribution in [2.24, 2.45) is 11.1 Å². The summed E-state index contributed by atoms with van der Waals surface area (Å²) in [6.45, 7) is 12.1. The Labute approximate surface area is 106 Å². The summed E-state index contributed by atoms with van der Waals surface area (Å²) in [6, 6.07) is 6.71. The fraction of sp³-hybridized carbons (Fsp3) is 0.625. The van der Waals surface area contributed by atoms with Gasteiger partial charge in [0.05, 0.1) is 0 Å². The summed E-state index contributed by atoms with van der Waals surface area (Å²) < 4.78 is 0. The first-order valence-corrected chi connectivity index (χ1v) is 6.66. The monoisotopic (exact) mass is 233 g/mol. The highest BCUT2D eigenvalue weighted by Gasteiger charge is 2.16. The summed E-state index contributed by atoms with van der Waals surface area (Å²) in [5.74, 6) is 0.580. The van der Waals surface area contributed by atoms with E-state index >= 15 is 0 Å². The van der Waals surface area contributed by atoms with Gasteiger partial charge < -0.3 is 5.73 Å². The summed E-state index contributed by atoms with van der Waals surface area (Å²) >= 11 is 0. The zero-order valence-electron chi connectivity index (χ0n) is 12.0. The molecule has 0 fully saturated rings. The molecule has 0 radical (unpaired) electrons. The molecular formula is C16H27N. The van der Waals surface area contributed by atoms with Crippen LogP contribution in [0.4, 0.5) is 0 Å². The third-order valence-corrected chi connectivity index (χ3v) is 3.05. The van der Waals surface area contributed by atoms with E-state index in [0.29, 0.717) is 11.3 Å². The Morgan fingerprint density at radius 1 is 1.18 bits per heavy atom. The van der Waals surface area contributed by atoms with Gasteiger partial charge in [-0.3, -0.25) is 0 Å². The molecule has 17 heavy (non-hydrogen) atoms. The van der Waals surface area contributed by atoms with Gasteiger partial charge in [0.2, 0.25) is 0 Å². The molecule has 2 N–H and O–H groups in total. The highest BCUT2D eigenvalue weighted by atomic mass is 14.5. The van der Waals surface area contributed by atoms with Gasteiger partial charge in [0.25, 0.3) is 0 Å². The number of hydrogen-bond acceptors (Lipinski definition) is 1. The summed E-state index contributed by atoms with van der Waals surface area (Å²) in [6.07, 6.45) is 2.13. The van der Waals surface area contributed by atoms with Gasteiger partial charge in [0.1, 0.15) is 0 Å². The van der Waals surface area contributed by atoms with Gasteiger partial charge in [-0.1, -0.05) is 52.8 Å². The standard InChI is InChI=1S/C16H27N/c1-12(2)14-8-6-7-13(11-16(3,4)5)15(14)9-10-17/h6-8,12H,9-11,17H2,1-5H3. The molecule has 0 unspecified atom stereocenters. The Kier molecular flexibility index (Phi) is 4.76. The number of nitrogens with two attached hydrogens (primary N) is 1. The molecule has 1 heteroatoms. The Balaban J connectivity index is 3.15. The molecular weight excluding hydrogens is 206 g/mol. The Morgan fingerprint density at radius 3 is 2.29 bits per heavy atom. The molecule has 1 rings (SSSR count). The third-order valence-electron chi connectivity index (χ3n) is 3.05. The van der Waals surface area contributed by atoms with E-state index in [4.69, 9.17) is 5.73 Å². The van der Waals surface area contributed by atoms with Crippen LogP contribution in [-0.2, 0) is 12.8 Å². The van der Waals surface area contributed by atoms with E-state index in [1.165, 1.54) is 16.7 Å². The first-order chi connectivity index (χ1) is 7.85. The van der Waals surface area contributed by atoms with E-state index in [-0.39, 0.29) is 0 Å². The van der Waals surface area contributed by atoms with Gasteiger partial charge in [-0.2, -0.15) is 0 Å². The molecule has 0 aliphatic carbocycles. The van der Waals surface area contributed by atoms with E-state index in [9.17, 15) is 0 Å². The van der Waals surface area contributed by atoms with Gasteiger partial charge in [0.15, 0.2) is 0 Å². The molecule has 0 aliphatic rings. The molecule has 0 saturated heterocycles. The lowest BCUT2D eigenvalue weighted by Crippen LogP contribution is -2.15. The number of hydrogen-bond donors (Lipinski definition) is 1. The highest BCUT2D eigenvalue weighted by molar-refractivity contribution is 5.38. The summed E-state index contributed by atoms with van der Waals surface area (Å²) in [7, 11) is 0. The molecule has 0 aromatic heterocycles.